The Labute approximate surface area is 142 Å². The summed E-state index contributed by atoms with van der Waals surface area (Å²) < 4.78 is 0. The van der Waals surface area contributed by atoms with E-state index < -0.39 is 0 Å². The van der Waals surface area contributed by atoms with Gasteiger partial charge in [0.05, 0.1) is 10.9 Å². The molecule has 4 nitrogen and oxygen atoms in total. The molecule has 23 heavy (non-hydrogen) atoms. The maximum atomic E-state index is 12.9. The van der Waals surface area contributed by atoms with Crippen molar-refractivity contribution < 1.29 is 9.59 Å². The fourth-order valence-electron chi connectivity index (χ4n) is 3.88. The van der Waals surface area contributed by atoms with Crippen LogP contribution in [0.5, 0.6) is 0 Å². The first-order chi connectivity index (χ1) is 11.1. The van der Waals surface area contributed by atoms with Crippen LogP contribution in [0.2, 0.25) is 0 Å². The van der Waals surface area contributed by atoms with E-state index in [-0.39, 0.29) is 17.9 Å². The highest BCUT2D eigenvalue weighted by Gasteiger charge is 2.36. The first-order valence-corrected chi connectivity index (χ1v) is 9.58. The van der Waals surface area contributed by atoms with Crippen LogP contribution in [0.15, 0.2) is 6.07 Å². The summed E-state index contributed by atoms with van der Waals surface area (Å²) in [6, 6.07) is 2.22. The Balaban J connectivity index is 1.72. The van der Waals surface area contributed by atoms with Crippen LogP contribution in [-0.2, 0) is 17.6 Å². The summed E-state index contributed by atoms with van der Waals surface area (Å²) in [7, 11) is 0. The van der Waals surface area contributed by atoms with E-state index >= 15 is 0 Å². The van der Waals surface area contributed by atoms with E-state index in [0.29, 0.717) is 12.5 Å². The Morgan fingerprint density at radius 2 is 2.09 bits per heavy atom. The average molecular weight is 334 g/mol. The van der Waals surface area contributed by atoms with E-state index in [1.807, 2.05) is 4.90 Å². The molecule has 0 unspecified atom stereocenters. The van der Waals surface area contributed by atoms with Gasteiger partial charge in [-0.15, -0.1) is 11.3 Å². The van der Waals surface area contributed by atoms with E-state index in [4.69, 9.17) is 0 Å². The lowest BCUT2D eigenvalue weighted by atomic mass is 9.98. The number of aryl methyl sites for hydroxylation is 2. The SMILES string of the molecule is CCC[C@@H]1CN(C(=O)c2cc3c(s2)CCCC3)C[C@H]1NC(C)=O. The highest BCUT2D eigenvalue weighted by Crippen LogP contribution is 2.32. The van der Waals surface area contributed by atoms with E-state index in [1.54, 1.807) is 18.3 Å². The maximum absolute atomic E-state index is 12.9. The third-order valence-electron chi connectivity index (χ3n) is 4.98. The molecule has 1 aromatic heterocycles. The zero-order valence-electron chi connectivity index (χ0n) is 14.1. The molecule has 0 spiro atoms. The predicted molar refractivity (Wildman–Crippen MR) is 92.9 cm³/mol. The standard InChI is InChI=1S/C18H26N2O2S/c1-3-6-14-10-20(11-15(14)19-12(2)21)18(22)17-9-13-7-4-5-8-16(13)23-17/h9,14-15H,3-8,10-11H2,1-2H3,(H,19,21)/t14-,15-/m1/s1. The van der Waals surface area contributed by atoms with Crippen LogP contribution >= 0.6 is 11.3 Å². The summed E-state index contributed by atoms with van der Waals surface area (Å²) in [6.45, 7) is 5.12. The second-order valence-electron chi connectivity index (χ2n) is 6.83. The Hall–Kier alpha value is -1.36. The molecule has 1 aliphatic carbocycles. The number of nitrogens with zero attached hydrogens (tertiary/aromatic N) is 1. The number of carbonyl (C=O) groups is 2. The van der Waals surface area contributed by atoms with Gasteiger partial charge in [0.25, 0.3) is 5.91 Å². The average Bonchev–Trinajstić information content (AvgIpc) is 3.11. The van der Waals surface area contributed by atoms with Crippen molar-refractivity contribution in [3.63, 3.8) is 0 Å². The van der Waals surface area contributed by atoms with Gasteiger partial charge in [0, 0.05) is 24.9 Å². The molecular formula is C18H26N2O2S. The lowest BCUT2D eigenvalue weighted by Gasteiger charge is -2.17. The molecule has 1 fully saturated rings. The summed E-state index contributed by atoms with van der Waals surface area (Å²) in [4.78, 5) is 28.5. The van der Waals surface area contributed by atoms with Crippen LogP contribution in [-0.4, -0.2) is 35.8 Å². The minimum Gasteiger partial charge on any atom is -0.351 e. The van der Waals surface area contributed by atoms with Crippen LogP contribution < -0.4 is 5.32 Å². The second-order valence-corrected chi connectivity index (χ2v) is 7.97. The number of amides is 2. The summed E-state index contributed by atoms with van der Waals surface area (Å²) in [5, 5.41) is 3.03. The molecule has 0 saturated carbocycles. The number of carbonyl (C=O) groups excluding carboxylic acids is 2. The molecule has 5 heteroatoms. The molecule has 1 aromatic rings. The minimum absolute atomic E-state index is 0.00279. The maximum Gasteiger partial charge on any atom is 0.264 e. The van der Waals surface area contributed by atoms with Crippen LogP contribution in [0.3, 0.4) is 0 Å². The van der Waals surface area contributed by atoms with E-state index in [2.05, 4.69) is 18.3 Å². The minimum atomic E-state index is -0.00279. The van der Waals surface area contributed by atoms with Crippen molar-refractivity contribution in [1.29, 1.82) is 0 Å². The molecule has 126 valence electrons. The lowest BCUT2D eigenvalue weighted by Crippen LogP contribution is -2.39. The van der Waals surface area contributed by atoms with Crippen LogP contribution in [0.4, 0.5) is 0 Å². The third-order valence-corrected chi connectivity index (χ3v) is 6.21. The topological polar surface area (TPSA) is 49.4 Å². The van der Waals surface area contributed by atoms with Gasteiger partial charge < -0.3 is 10.2 Å². The Morgan fingerprint density at radius 3 is 2.78 bits per heavy atom. The normalized spacial score (nSPS) is 23.7. The van der Waals surface area contributed by atoms with Gasteiger partial charge in [-0.1, -0.05) is 13.3 Å². The molecule has 1 saturated heterocycles. The molecule has 2 heterocycles. The van der Waals surface area contributed by atoms with Gasteiger partial charge in [0.2, 0.25) is 5.91 Å². The highest BCUT2D eigenvalue weighted by atomic mass is 32.1. The Morgan fingerprint density at radius 1 is 1.30 bits per heavy atom. The molecule has 3 rings (SSSR count). The van der Waals surface area contributed by atoms with E-state index in [0.717, 1.165) is 37.1 Å². The second kappa shape index (κ2) is 7.04. The number of hydrogen-bond acceptors (Lipinski definition) is 3. The number of rotatable bonds is 4. The Kier molecular flexibility index (Phi) is 5.05. The number of likely N-dealkylation sites (tertiary alicyclic amines) is 1. The van der Waals surface area contributed by atoms with Gasteiger partial charge in [-0.25, -0.2) is 0 Å². The first kappa shape index (κ1) is 16.5. The van der Waals surface area contributed by atoms with Crippen molar-refractivity contribution in [2.45, 2.75) is 58.4 Å². The number of nitrogens with one attached hydrogen (secondary N) is 1. The summed E-state index contributed by atoms with van der Waals surface area (Å²) >= 11 is 1.68. The predicted octanol–water partition coefficient (Wildman–Crippen LogP) is 3.00. The van der Waals surface area contributed by atoms with Gasteiger partial charge in [-0.05, 0) is 49.7 Å². The van der Waals surface area contributed by atoms with Crippen molar-refractivity contribution in [2.24, 2.45) is 5.92 Å². The fraction of sp³-hybridized carbons (Fsp3) is 0.667. The van der Waals surface area contributed by atoms with Gasteiger partial charge in [0.15, 0.2) is 0 Å². The largest absolute Gasteiger partial charge is 0.351 e. The monoisotopic (exact) mass is 334 g/mol. The van der Waals surface area contributed by atoms with Crippen molar-refractivity contribution in [1.82, 2.24) is 10.2 Å². The molecule has 1 aliphatic heterocycles. The number of thiophene rings is 1. The number of fused-ring (bicyclic) bond motifs is 1. The molecule has 0 aromatic carbocycles. The molecule has 0 radical (unpaired) electrons. The van der Waals surface area contributed by atoms with E-state index in [9.17, 15) is 9.59 Å². The fourth-order valence-corrected chi connectivity index (χ4v) is 5.10. The number of hydrogen-bond donors (Lipinski definition) is 1. The van der Waals surface area contributed by atoms with Crippen molar-refractivity contribution >= 4 is 23.2 Å². The molecule has 2 aliphatic rings. The van der Waals surface area contributed by atoms with E-state index in [1.165, 1.54) is 23.3 Å². The van der Waals surface area contributed by atoms with Crippen molar-refractivity contribution in [3.05, 3.63) is 21.4 Å². The quantitative estimate of drug-likeness (QED) is 0.920. The van der Waals surface area contributed by atoms with Crippen LogP contribution in [0.1, 0.15) is 59.6 Å². The molecule has 1 N–H and O–H groups in total. The zero-order valence-corrected chi connectivity index (χ0v) is 14.9. The zero-order chi connectivity index (χ0) is 16.4. The summed E-state index contributed by atoms with van der Waals surface area (Å²) in [6.07, 6.45) is 6.86. The van der Waals surface area contributed by atoms with Gasteiger partial charge in [-0.3, -0.25) is 9.59 Å². The highest BCUT2D eigenvalue weighted by molar-refractivity contribution is 7.14. The summed E-state index contributed by atoms with van der Waals surface area (Å²) in [5.41, 5.74) is 1.38. The lowest BCUT2D eigenvalue weighted by molar-refractivity contribution is -0.119. The van der Waals surface area contributed by atoms with Gasteiger partial charge in [-0.2, -0.15) is 0 Å². The first-order valence-electron chi connectivity index (χ1n) is 8.76. The van der Waals surface area contributed by atoms with Crippen LogP contribution in [0.25, 0.3) is 0 Å². The molecule has 2 atom stereocenters. The van der Waals surface area contributed by atoms with Crippen molar-refractivity contribution in [2.75, 3.05) is 13.1 Å². The molecule has 0 bridgehead atoms. The van der Waals surface area contributed by atoms with Gasteiger partial charge >= 0.3 is 0 Å². The third kappa shape index (κ3) is 3.60. The molecule has 2 amide bonds. The Bertz CT molecular complexity index is 572. The van der Waals surface area contributed by atoms with Gasteiger partial charge in [0.1, 0.15) is 0 Å². The molecular weight excluding hydrogens is 308 g/mol. The smallest absolute Gasteiger partial charge is 0.264 e. The van der Waals surface area contributed by atoms with Crippen molar-refractivity contribution in [3.8, 4) is 0 Å². The van der Waals surface area contributed by atoms with Crippen LogP contribution in [0, 0.1) is 5.92 Å². The summed E-state index contributed by atoms with van der Waals surface area (Å²) in [5.74, 6) is 0.526.